The maximum atomic E-state index is 14.6. The summed E-state index contributed by atoms with van der Waals surface area (Å²) in [7, 11) is -3.45. The Hall–Kier alpha value is -3.40. The van der Waals surface area contributed by atoms with E-state index in [1.54, 1.807) is 0 Å². The molecule has 0 spiro atoms. The molecule has 1 aliphatic heterocycles. The molecule has 0 aromatic carbocycles. The lowest BCUT2D eigenvalue weighted by molar-refractivity contribution is -0.151. The number of likely N-dealkylation sites (tertiary alicyclic amines) is 1. The first-order valence-electron chi connectivity index (χ1n) is 18.5. The normalized spacial score (nSPS) is 23.2. The van der Waals surface area contributed by atoms with Gasteiger partial charge in [0.15, 0.2) is 9.84 Å². The second kappa shape index (κ2) is 17.4. The van der Waals surface area contributed by atoms with Crippen LogP contribution in [0.25, 0.3) is 0 Å². The van der Waals surface area contributed by atoms with Crippen LogP contribution in [0.5, 0.6) is 0 Å². The van der Waals surface area contributed by atoms with Crippen molar-refractivity contribution in [2.24, 2.45) is 16.7 Å². The van der Waals surface area contributed by atoms with E-state index < -0.39 is 68.5 Å². The lowest BCUT2D eigenvalue weighted by atomic mass is 9.71. The highest BCUT2D eigenvalue weighted by Gasteiger charge is 2.48. The molecule has 3 fully saturated rings. The summed E-state index contributed by atoms with van der Waals surface area (Å²) < 4.78 is 27.0. The minimum Gasteiger partial charge on any atom is -0.346 e. The molecule has 2 saturated carbocycles. The van der Waals surface area contributed by atoms with Crippen molar-refractivity contribution in [1.29, 1.82) is 0 Å². The fourth-order valence-corrected chi connectivity index (χ4v) is 10.1. The third-order valence-electron chi connectivity index (χ3n) is 11.2. The Balaban J connectivity index is 1.88. The summed E-state index contributed by atoms with van der Waals surface area (Å²) in [5.74, 6) is -0.482. The van der Waals surface area contributed by atoms with Gasteiger partial charge in [-0.15, -0.1) is 18.9 Å². The number of amides is 5. The van der Waals surface area contributed by atoms with E-state index in [0.717, 1.165) is 32.1 Å². The largest absolute Gasteiger partial charge is 0.346 e. The van der Waals surface area contributed by atoms with E-state index in [9.17, 15) is 32.4 Å². The van der Waals surface area contributed by atoms with Gasteiger partial charge in [0.05, 0.1) is 22.6 Å². The monoisotopic (exact) mass is 731 g/mol. The number of rotatable bonds is 14. The van der Waals surface area contributed by atoms with Crippen molar-refractivity contribution in [3.8, 4) is 12.3 Å². The van der Waals surface area contributed by atoms with Crippen LogP contribution in [-0.2, 0) is 29.0 Å². The predicted octanol–water partition coefficient (Wildman–Crippen LogP) is 3.79. The lowest BCUT2D eigenvalue weighted by Crippen LogP contribution is -2.66. The maximum absolute atomic E-state index is 14.6. The zero-order chi connectivity index (χ0) is 38.2. The summed E-state index contributed by atoms with van der Waals surface area (Å²) in [6.45, 7) is 15.3. The number of Topliss-reactive ketones (excluding diaryl/α,β-unsaturated/α-hetero) is 1. The molecule has 1 saturated heterocycles. The molecule has 3 aliphatic rings. The first-order chi connectivity index (χ1) is 23.8. The number of hydrogen-bond donors (Lipinski definition) is 4. The van der Waals surface area contributed by atoms with Crippen LogP contribution in [0, 0.1) is 29.1 Å². The molecule has 2 aliphatic carbocycles. The third kappa shape index (κ3) is 11.0. The summed E-state index contributed by atoms with van der Waals surface area (Å²) in [5, 5.41) is 10.7. The summed E-state index contributed by atoms with van der Waals surface area (Å²) in [4.78, 5) is 69.6. The Kier molecular flexibility index (Phi) is 14.3. The van der Waals surface area contributed by atoms with E-state index in [2.05, 4.69) is 33.8 Å². The molecule has 4 atom stereocenters. The van der Waals surface area contributed by atoms with E-state index in [1.165, 1.54) is 11.0 Å². The zero-order valence-electron chi connectivity index (χ0n) is 31.6. The number of nitrogens with zero attached hydrogens (tertiary/aromatic N) is 1. The van der Waals surface area contributed by atoms with Gasteiger partial charge in [0, 0.05) is 19.5 Å². The molecule has 2 unspecified atom stereocenters. The van der Waals surface area contributed by atoms with Gasteiger partial charge in [-0.2, -0.15) is 0 Å². The minimum absolute atomic E-state index is 0.0187. The number of carbonyl (C=O) groups is 5. The smallest absolute Gasteiger partial charge is 0.315 e. The standard InChI is InChI=1S/C38H61N5O7S/c1-9-11-19-28(30(44)33(46)39-22-10-2)40-32(45)29-23-37(7,8)26(3)24-43(29)34(47)31(36(4,5)6)41-35(48)42-38(20-15-12-16-21-38)25-51(49,50)27-17-13-14-18-27/h1,10,26-29,31H,2,11-25H2,3-8H3,(H,39,46)(H,40,45)(H2,41,42,48)/t26?,28?,29-,31+/m0/s1. The van der Waals surface area contributed by atoms with Crippen LogP contribution < -0.4 is 21.3 Å². The lowest BCUT2D eigenvalue weighted by Gasteiger charge is -2.49. The summed E-state index contributed by atoms with van der Waals surface area (Å²) in [5.41, 5.74) is -2.09. The topological polar surface area (TPSA) is 171 Å². The van der Waals surface area contributed by atoms with Gasteiger partial charge in [0.2, 0.25) is 17.6 Å². The fourth-order valence-electron chi connectivity index (χ4n) is 7.64. The molecular weight excluding hydrogens is 671 g/mol. The van der Waals surface area contributed by atoms with Crippen molar-refractivity contribution in [3.05, 3.63) is 12.7 Å². The van der Waals surface area contributed by atoms with E-state index >= 15 is 0 Å². The van der Waals surface area contributed by atoms with Gasteiger partial charge in [0.1, 0.15) is 12.1 Å². The van der Waals surface area contributed by atoms with Crippen LogP contribution in [0.15, 0.2) is 12.7 Å². The van der Waals surface area contributed by atoms with Crippen molar-refractivity contribution in [2.45, 2.75) is 148 Å². The molecule has 286 valence electrons. The Bertz CT molecular complexity index is 1450. The number of hydrogen-bond acceptors (Lipinski definition) is 7. The zero-order valence-corrected chi connectivity index (χ0v) is 32.4. The molecule has 3 rings (SSSR count). The Morgan fingerprint density at radius 2 is 1.65 bits per heavy atom. The molecule has 0 bridgehead atoms. The predicted molar refractivity (Wildman–Crippen MR) is 198 cm³/mol. The Morgan fingerprint density at radius 1 is 1.02 bits per heavy atom. The highest BCUT2D eigenvalue weighted by Crippen LogP contribution is 2.40. The second-order valence-electron chi connectivity index (χ2n) is 16.7. The Morgan fingerprint density at radius 3 is 2.22 bits per heavy atom. The first kappa shape index (κ1) is 42.0. The molecule has 0 aromatic rings. The summed E-state index contributed by atoms with van der Waals surface area (Å²) in [6.07, 6.45) is 14.0. The average molecular weight is 732 g/mol. The molecule has 12 nitrogen and oxygen atoms in total. The van der Waals surface area contributed by atoms with Crippen LogP contribution in [-0.4, -0.2) is 90.6 Å². The highest BCUT2D eigenvalue weighted by atomic mass is 32.2. The fraction of sp³-hybridized carbons (Fsp3) is 0.763. The molecule has 4 N–H and O–H groups in total. The van der Waals surface area contributed by atoms with Gasteiger partial charge in [-0.25, -0.2) is 13.2 Å². The van der Waals surface area contributed by atoms with Gasteiger partial charge in [-0.05, 0) is 55.3 Å². The summed E-state index contributed by atoms with van der Waals surface area (Å²) in [6, 6.07) is -3.90. The van der Waals surface area contributed by atoms with Crippen LogP contribution in [0.3, 0.4) is 0 Å². The number of urea groups is 1. The van der Waals surface area contributed by atoms with E-state index in [0.29, 0.717) is 25.7 Å². The van der Waals surface area contributed by atoms with E-state index in [1.807, 2.05) is 41.5 Å². The minimum atomic E-state index is -3.45. The molecule has 13 heteroatoms. The van der Waals surface area contributed by atoms with Crippen LogP contribution in [0.4, 0.5) is 4.79 Å². The highest BCUT2D eigenvalue weighted by molar-refractivity contribution is 7.92. The average Bonchev–Trinajstić information content (AvgIpc) is 3.61. The molecule has 0 radical (unpaired) electrons. The molecule has 5 amide bonds. The van der Waals surface area contributed by atoms with Crippen molar-refractivity contribution in [1.82, 2.24) is 26.2 Å². The van der Waals surface area contributed by atoms with Crippen LogP contribution >= 0.6 is 0 Å². The SMILES string of the molecule is C#CCCC(NC(=O)[C@@H]1CC(C)(C)C(C)CN1C(=O)[C@@H](NC(=O)NC1(CS(=O)(=O)C2CCCC2)CCCCC1)C(C)(C)C)C(=O)C(=O)NCC=C. The number of carbonyl (C=O) groups excluding carboxylic acids is 5. The summed E-state index contributed by atoms with van der Waals surface area (Å²) >= 11 is 0. The van der Waals surface area contributed by atoms with Crippen LogP contribution in [0.2, 0.25) is 0 Å². The molecule has 1 heterocycles. The first-order valence-corrected chi connectivity index (χ1v) is 20.3. The number of nitrogens with one attached hydrogen (secondary N) is 4. The van der Waals surface area contributed by atoms with Gasteiger partial charge in [-0.3, -0.25) is 19.2 Å². The van der Waals surface area contributed by atoms with Gasteiger partial charge in [-0.1, -0.05) is 79.7 Å². The third-order valence-corrected chi connectivity index (χ3v) is 13.6. The van der Waals surface area contributed by atoms with Crippen molar-refractivity contribution in [2.75, 3.05) is 18.8 Å². The van der Waals surface area contributed by atoms with Crippen molar-refractivity contribution < 1.29 is 32.4 Å². The number of terminal acetylenes is 1. The van der Waals surface area contributed by atoms with Gasteiger partial charge in [0.25, 0.3) is 5.91 Å². The quantitative estimate of drug-likeness (QED) is 0.120. The number of piperidine rings is 1. The molecular formula is C38H61N5O7S. The second-order valence-corrected chi connectivity index (χ2v) is 19.0. The molecule has 0 aromatic heterocycles. The van der Waals surface area contributed by atoms with Gasteiger partial charge >= 0.3 is 6.03 Å². The Labute approximate surface area is 305 Å². The van der Waals surface area contributed by atoms with Gasteiger partial charge < -0.3 is 26.2 Å². The van der Waals surface area contributed by atoms with E-state index in [-0.39, 0.29) is 54.7 Å². The maximum Gasteiger partial charge on any atom is 0.315 e. The van der Waals surface area contributed by atoms with Crippen LogP contribution in [0.1, 0.15) is 119 Å². The van der Waals surface area contributed by atoms with E-state index in [4.69, 9.17) is 6.42 Å². The number of ketones is 1. The van der Waals surface area contributed by atoms with Crippen molar-refractivity contribution in [3.63, 3.8) is 0 Å². The number of sulfone groups is 1. The molecule has 51 heavy (non-hydrogen) atoms. The van der Waals surface area contributed by atoms with Crippen molar-refractivity contribution >= 4 is 39.4 Å².